The van der Waals surface area contributed by atoms with Crippen LogP contribution in [-0.4, -0.2) is 24.4 Å². The van der Waals surface area contributed by atoms with E-state index in [4.69, 9.17) is 10.00 Å². The van der Waals surface area contributed by atoms with E-state index in [1.54, 1.807) is 6.07 Å². The monoisotopic (exact) mass is 313 g/mol. The zero-order valence-corrected chi connectivity index (χ0v) is 13.5. The van der Waals surface area contributed by atoms with Crippen LogP contribution >= 0.6 is 0 Å². The van der Waals surface area contributed by atoms with Gasteiger partial charge in [0.15, 0.2) is 0 Å². The maximum atomic E-state index is 13.6. The number of esters is 1. The summed E-state index contributed by atoms with van der Waals surface area (Å²) in [6.45, 7) is 6.11. The molecule has 0 spiro atoms. The maximum Gasteiger partial charge on any atom is 0.333 e. The molecule has 0 radical (unpaired) electrons. The third-order valence-corrected chi connectivity index (χ3v) is 4.11. The van der Waals surface area contributed by atoms with Gasteiger partial charge in [-0.05, 0) is 25.2 Å². The van der Waals surface area contributed by atoms with Crippen molar-refractivity contribution in [1.82, 2.24) is 0 Å². The van der Waals surface area contributed by atoms with E-state index in [1.165, 1.54) is 0 Å². The molecule has 0 saturated heterocycles. The molecule has 2 rings (SSSR count). The van der Waals surface area contributed by atoms with E-state index in [9.17, 15) is 13.6 Å². The minimum Gasteiger partial charge on any atom is -0.459 e. The molecular formula is C17H25F2NO2. The van der Waals surface area contributed by atoms with Gasteiger partial charge in [-0.2, -0.15) is 5.26 Å². The molecule has 3 nitrogen and oxygen atoms in total. The SMILES string of the molecule is CC.CC1CC=C(C(=O)OC2CC(F)C(C#N)C(F)C2)CC1. The molecule has 1 saturated carbocycles. The number of alkyl halides is 2. The number of carbonyl (C=O) groups excluding carboxylic acids is 1. The van der Waals surface area contributed by atoms with Gasteiger partial charge < -0.3 is 4.74 Å². The summed E-state index contributed by atoms with van der Waals surface area (Å²) < 4.78 is 32.5. The molecule has 0 aromatic heterocycles. The van der Waals surface area contributed by atoms with E-state index >= 15 is 0 Å². The quantitative estimate of drug-likeness (QED) is 0.715. The van der Waals surface area contributed by atoms with Crippen LogP contribution in [0.25, 0.3) is 0 Å². The molecule has 0 bridgehead atoms. The van der Waals surface area contributed by atoms with Gasteiger partial charge in [-0.15, -0.1) is 0 Å². The number of halogens is 2. The van der Waals surface area contributed by atoms with Crippen LogP contribution in [0.5, 0.6) is 0 Å². The highest BCUT2D eigenvalue weighted by Gasteiger charge is 2.40. The van der Waals surface area contributed by atoms with Gasteiger partial charge in [0.05, 0.1) is 6.07 Å². The first-order valence-corrected chi connectivity index (χ1v) is 8.09. The Morgan fingerprint density at radius 2 is 1.91 bits per heavy atom. The molecule has 3 unspecified atom stereocenters. The standard InChI is InChI=1S/C15H19F2NO2.C2H6/c1-9-2-4-10(5-3-9)15(19)20-11-6-13(16)12(8-18)14(17)7-11;1-2/h4,9,11-14H,2-3,5-7H2,1H3;1-2H3. The van der Waals surface area contributed by atoms with Gasteiger partial charge in [0, 0.05) is 18.4 Å². The van der Waals surface area contributed by atoms with E-state index in [2.05, 4.69) is 6.92 Å². The smallest absolute Gasteiger partial charge is 0.333 e. The van der Waals surface area contributed by atoms with Crippen molar-refractivity contribution in [2.75, 3.05) is 0 Å². The van der Waals surface area contributed by atoms with E-state index in [0.29, 0.717) is 17.9 Å². The molecule has 0 amide bonds. The number of hydrogen-bond acceptors (Lipinski definition) is 3. The highest BCUT2D eigenvalue weighted by molar-refractivity contribution is 5.88. The molecule has 0 N–H and O–H groups in total. The zero-order chi connectivity index (χ0) is 16.7. The lowest BCUT2D eigenvalue weighted by Gasteiger charge is -2.31. The highest BCUT2D eigenvalue weighted by Crippen LogP contribution is 2.32. The number of nitriles is 1. The summed E-state index contributed by atoms with van der Waals surface area (Å²) in [6.07, 6.45) is 0.203. The molecule has 2 aliphatic carbocycles. The predicted octanol–water partition coefficient (Wildman–Crippen LogP) is 4.28. The van der Waals surface area contributed by atoms with Crippen LogP contribution in [-0.2, 0) is 9.53 Å². The van der Waals surface area contributed by atoms with Gasteiger partial charge >= 0.3 is 5.97 Å². The van der Waals surface area contributed by atoms with E-state index in [0.717, 1.165) is 12.8 Å². The van der Waals surface area contributed by atoms with E-state index < -0.39 is 30.3 Å². The Morgan fingerprint density at radius 1 is 1.32 bits per heavy atom. The number of rotatable bonds is 2. The summed E-state index contributed by atoms with van der Waals surface area (Å²) in [5.74, 6) is -1.14. The van der Waals surface area contributed by atoms with Gasteiger partial charge in [-0.25, -0.2) is 13.6 Å². The van der Waals surface area contributed by atoms with E-state index in [-0.39, 0.29) is 12.8 Å². The first kappa shape index (κ1) is 18.6. The van der Waals surface area contributed by atoms with Gasteiger partial charge in [0.25, 0.3) is 0 Å². The molecular weight excluding hydrogens is 288 g/mol. The van der Waals surface area contributed by atoms with Crippen molar-refractivity contribution in [1.29, 1.82) is 5.26 Å². The largest absolute Gasteiger partial charge is 0.459 e. The number of nitrogens with zero attached hydrogens (tertiary/aromatic N) is 1. The third kappa shape index (κ3) is 4.79. The normalized spacial score (nSPS) is 34.5. The molecule has 0 aliphatic heterocycles. The van der Waals surface area contributed by atoms with Crippen molar-refractivity contribution < 1.29 is 18.3 Å². The van der Waals surface area contributed by atoms with Crippen molar-refractivity contribution in [3.63, 3.8) is 0 Å². The molecule has 124 valence electrons. The van der Waals surface area contributed by atoms with Crippen molar-refractivity contribution >= 4 is 5.97 Å². The van der Waals surface area contributed by atoms with Crippen LogP contribution in [0.1, 0.15) is 52.9 Å². The average Bonchev–Trinajstić information content (AvgIpc) is 2.49. The topological polar surface area (TPSA) is 50.1 Å². The summed E-state index contributed by atoms with van der Waals surface area (Å²) in [5, 5.41) is 8.68. The molecule has 3 atom stereocenters. The Hall–Kier alpha value is -1.44. The molecule has 1 fully saturated rings. The van der Waals surface area contributed by atoms with Gasteiger partial charge in [0.1, 0.15) is 24.4 Å². The van der Waals surface area contributed by atoms with Crippen LogP contribution in [0.15, 0.2) is 11.6 Å². The summed E-state index contributed by atoms with van der Waals surface area (Å²) in [7, 11) is 0. The maximum absolute atomic E-state index is 13.6. The van der Waals surface area contributed by atoms with Crippen LogP contribution in [0.4, 0.5) is 8.78 Å². The highest BCUT2D eigenvalue weighted by atomic mass is 19.1. The summed E-state index contributed by atoms with van der Waals surface area (Å²) in [6, 6.07) is 1.64. The Bertz CT molecular complexity index is 432. The fraction of sp³-hybridized carbons (Fsp3) is 0.765. The number of ether oxygens (including phenoxy) is 1. The lowest BCUT2D eigenvalue weighted by Crippen LogP contribution is -2.39. The van der Waals surface area contributed by atoms with Crippen molar-refractivity contribution in [3.8, 4) is 6.07 Å². The molecule has 0 aromatic carbocycles. The van der Waals surface area contributed by atoms with Crippen LogP contribution < -0.4 is 0 Å². The molecule has 2 aliphatic rings. The summed E-state index contributed by atoms with van der Waals surface area (Å²) >= 11 is 0. The lowest BCUT2D eigenvalue weighted by molar-refractivity contribution is -0.149. The van der Waals surface area contributed by atoms with Crippen LogP contribution in [0.2, 0.25) is 0 Å². The first-order valence-electron chi connectivity index (χ1n) is 8.09. The first-order chi connectivity index (χ1) is 10.5. The molecule has 0 heterocycles. The average molecular weight is 313 g/mol. The Balaban J connectivity index is 0.00000116. The van der Waals surface area contributed by atoms with Gasteiger partial charge in [-0.1, -0.05) is 26.8 Å². The lowest BCUT2D eigenvalue weighted by atomic mass is 9.85. The number of allylic oxidation sites excluding steroid dienone is 1. The van der Waals surface area contributed by atoms with E-state index in [1.807, 2.05) is 19.9 Å². The zero-order valence-electron chi connectivity index (χ0n) is 13.5. The number of hydrogen-bond donors (Lipinski definition) is 0. The Morgan fingerprint density at radius 3 is 2.36 bits per heavy atom. The third-order valence-electron chi connectivity index (χ3n) is 4.11. The van der Waals surface area contributed by atoms with Gasteiger partial charge in [-0.3, -0.25) is 0 Å². The summed E-state index contributed by atoms with van der Waals surface area (Å²) in [5.41, 5.74) is 0.608. The molecule has 0 aromatic rings. The summed E-state index contributed by atoms with van der Waals surface area (Å²) in [4.78, 5) is 11.9. The molecule has 22 heavy (non-hydrogen) atoms. The second kappa shape index (κ2) is 8.87. The Kier molecular flexibility index (Phi) is 7.50. The Labute approximate surface area is 131 Å². The predicted molar refractivity (Wildman–Crippen MR) is 80.5 cm³/mol. The molecule has 5 heteroatoms. The minimum atomic E-state index is -1.57. The second-order valence-corrected chi connectivity index (χ2v) is 5.79. The second-order valence-electron chi connectivity index (χ2n) is 5.79. The van der Waals surface area contributed by atoms with Crippen molar-refractivity contribution in [2.24, 2.45) is 11.8 Å². The minimum absolute atomic E-state index is 0.0892. The van der Waals surface area contributed by atoms with Crippen LogP contribution in [0, 0.1) is 23.2 Å². The fourth-order valence-electron chi connectivity index (χ4n) is 2.75. The fourth-order valence-corrected chi connectivity index (χ4v) is 2.75. The van der Waals surface area contributed by atoms with Crippen molar-refractivity contribution in [2.45, 2.75) is 71.3 Å². The van der Waals surface area contributed by atoms with Crippen molar-refractivity contribution in [3.05, 3.63) is 11.6 Å². The van der Waals surface area contributed by atoms with Crippen LogP contribution in [0.3, 0.4) is 0 Å². The number of carbonyl (C=O) groups is 1. The van der Waals surface area contributed by atoms with Gasteiger partial charge in [0.2, 0.25) is 0 Å².